The van der Waals surface area contributed by atoms with Crippen LogP contribution in [0.5, 0.6) is 0 Å². The summed E-state index contributed by atoms with van der Waals surface area (Å²) in [4.78, 5) is 25.2. The van der Waals surface area contributed by atoms with E-state index in [-0.39, 0.29) is 17.9 Å². The maximum atomic E-state index is 11.8. The van der Waals surface area contributed by atoms with Gasteiger partial charge in [-0.15, -0.1) is 0 Å². The highest BCUT2D eigenvalue weighted by Crippen LogP contribution is 2.18. The van der Waals surface area contributed by atoms with Gasteiger partial charge in [0.25, 0.3) is 0 Å². The molecule has 0 aromatic carbocycles. The number of nitrogens with zero attached hydrogens (tertiary/aromatic N) is 1. The molecule has 0 aromatic rings. The molecule has 0 saturated carbocycles. The molecule has 2 aliphatic rings. The first kappa shape index (κ1) is 10.5. The average Bonchev–Trinajstić information content (AvgIpc) is 2.44. The predicted octanol–water partition coefficient (Wildman–Crippen LogP) is 0.668. The van der Waals surface area contributed by atoms with Gasteiger partial charge >= 0.3 is 0 Å². The van der Waals surface area contributed by atoms with Crippen molar-refractivity contribution in [1.82, 2.24) is 10.2 Å². The van der Waals surface area contributed by atoms with Crippen LogP contribution in [-0.2, 0) is 9.59 Å². The van der Waals surface area contributed by atoms with Gasteiger partial charge in [-0.3, -0.25) is 9.59 Å². The Hall–Kier alpha value is -1.06. The molecule has 1 N–H and O–H groups in total. The van der Waals surface area contributed by atoms with Crippen molar-refractivity contribution in [3.05, 3.63) is 0 Å². The maximum absolute atomic E-state index is 11.8. The fourth-order valence-electron chi connectivity index (χ4n) is 2.38. The van der Waals surface area contributed by atoms with Gasteiger partial charge in [0.2, 0.25) is 11.8 Å². The summed E-state index contributed by atoms with van der Waals surface area (Å²) in [6.07, 6.45) is 5.53. The third kappa shape index (κ3) is 2.30. The number of piperidine rings is 1. The minimum Gasteiger partial charge on any atom is -0.354 e. The van der Waals surface area contributed by atoms with Gasteiger partial charge in [0.05, 0.1) is 0 Å². The van der Waals surface area contributed by atoms with Crippen LogP contribution in [0.25, 0.3) is 0 Å². The van der Waals surface area contributed by atoms with Crippen LogP contribution in [-0.4, -0.2) is 35.8 Å². The summed E-state index contributed by atoms with van der Waals surface area (Å²) in [5.74, 6) is 0.200. The third-order valence-corrected chi connectivity index (χ3v) is 3.24. The van der Waals surface area contributed by atoms with Crippen LogP contribution in [0.4, 0.5) is 0 Å². The Bertz CT molecular complexity index is 265. The smallest absolute Gasteiger partial charge is 0.242 e. The minimum absolute atomic E-state index is 0.0442. The quantitative estimate of drug-likeness (QED) is 0.691. The molecule has 1 unspecified atom stereocenters. The van der Waals surface area contributed by atoms with Gasteiger partial charge in [0, 0.05) is 19.5 Å². The third-order valence-electron chi connectivity index (χ3n) is 3.24. The lowest BCUT2D eigenvalue weighted by Crippen LogP contribution is -2.50. The Balaban J connectivity index is 2.05. The summed E-state index contributed by atoms with van der Waals surface area (Å²) in [6, 6.07) is -0.194. The molecule has 15 heavy (non-hydrogen) atoms. The highest BCUT2D eigenvalue weighted by atomic mass is 16.2. The normalized spacial score (nSPS) is 28.5. The number of carbonyl (C=O) groups is 2. The molecule has 1 atom stereocenters. The molecular formula is C11H18N2O2. The van der Waals surface area contributed by atoms with E-state index in [1.165, 1.54) is 0 Å². The summed E-state index contributed by atoms with van der Waals surface area (Å²) in [5.41, 5.74) is 0. The van der Waals surface area contributed by atoms with E-state index in [1.54, 1.807) is 4.90 Å². The Kier molecular flexibility index (Phi) is 3.23. The molecule has 2 aliphatic heterocycles. The van der Waals surface area contributed by atoms with E-state index in [0.717, 1.165) is 45.2 Å². The second kappa shape index (κ2) is 4.64. The van der Waals surface area contributed by atoms with Crippen molar-refractivity contribution in [3.8, 4) is 0 Å². The fraction of sp³-hybridized carbons (Fsp3) is 0.818. The topological polar surface area (TPSA) is 49.4 Å². The van der Waals surface area contributed by atoms with E-state index in [0.29, 0.717) is 6.42 Å². The van der Waals surface area contributed by atoms with E-state index in [4.69, 9.17) is 0 Å². The van der Waals surface area contributed by atoms with E-state index >= 15 is 0 Å². The van der Waals surface area contributed by atoms with Crippen molar-refractivity contribution in [2.45, 2.75) is 44.6 Å². The van der Waals surface area contributed by atoms with Crippen molar-refractivity contribution >= 4 is 11.8 Å². The Morgan fingerprint density at radius 1 is 1.13 bits per heavy atom. The molecule has 4 nitrogen and oxygen atoms in total. The molecule has 2 fully saturated rings. The molecule has 0 aromatic heterocycles. The van der Waals surface area contributed by atoms with Crippen molar-refractivity contribution in [2.24, 2.45) is 0 Å². The molecule has 2 amide bonds. The summed E-state index contributed by atoms with van der Waals surface area (Å²) < 4.78 is 0. The lowest BCUT2D eigenvalue weighted by atomic mass is 10.0. The van der Waals surface area contributed by atoms with Crippen LogP contribution < -0.4 is 5.32 Å². The summed E-state index contributed by atoms with van der Waals surface area (Å²) in [6.45, 7) is 1.52. The summed E-state index contributed by atoms with van der Waals surface area (Å²) in [7, 11) is 0. The van der Waals surface area contributed by atoms with Crippen molar-refractivity contribution in [1.29, 1.82) is 0 Å². The Morgan fingerprint density at radius 2 is 2.00 bits per heavy atom. The van der Waals surface area contributed by atoms with Gasteiger partial charge in [0.1, 0.15) is 6.04 Å². The highest BCUT2D eigenvalue weighted by molar-refractivity contribution is 5.88. The zero-order valence-electron chi connectivity index (χ0n) is 9.00. The van der Waals surface area contributed by atoms with E-state index in [2.05, 4.69) is 5.32 Å². The molecule has 0 aliphatic carbocycles. The molecule has 2 saturated heterocycles. The van der Waals surface area contributed by atoms with Crippen molar-refractivity contribution in [2.75, 3.05) is 13.1 Å². The second-order valence-corrected chi connectivity index (χ2v) is 4.35. The summed E-state index contributed by atoms with van der Waals surface area (Å²) >= 11 is 0. The fourth-order valence-corrected chi connectivity index (χ4v) is 2.38. The monoisotopic (exact) mass is 210 g/mol. The van der Waals surface area contributed by atoms with Crippen molar-refractivity contribution in [3.63, 3.8) is 0 Å². The predicted molar refractivity (Wildman–Crippen MR) is 56.2 cm³/mol. The van der Waals surface area contributed by atoms with Gasteiger partial charge in [0.15, 0.2) is 0 Å². The first-order valence-electron chi connectivity index (χ1n) is 5.86. The van der Waals surface area contributed by atoms with Gasteiger partial charge in [-0.1, -0.05) is 0 Å². The number of amides is 2. The second-order valence-electron chi connectivity index (χ2n) is 4.35. The minimum atomic E-state index is -0.194. The van der Waals surface area contributed by atoms with E-state index in [1.807, 2.05) is 0 Å². The lowest BCUT2D eigenvalue weighted by Gasteiger charge is -2.32. The number of hydrogen-bond acceptors (Lipinski definition) is 2. The maximum Gasteiger partial charge on any atom is 0.242 e. The van der Waals surface area contributed by atoms with Crippen LogP contribution in [0.2, 0.25) is 0 Å². The molecule has 0 radical (unpaired) electrons. The largest absolute Gasteiger partial charge is 0.354 e. The van der Waals surface area contributed by atoms with Gasteiger partial charge < -0.3 is 10.2 Å². The Morgan fingerprint density at radius 3 is 2.80 bits per heavy atom. The van der Waals surface area contributed by atoms with Crippen LogP contribution >= 0.6 is 0 Å². The summed E-state index contributed by atoms with van der Waals surface area (Å²) in [5, 5.41) is 2.88. The van der Waals surface area contributed by atoms with Crippen LogP contribution in [0.15, 0.2) is 0 Å². The molecule has 4 heteroatoms. The standard InChI is InChI=1S/C11H18N2O2/c14-10-6-2-4-8-13(10)9-5-1-3-7-12-11(9)15/h9H,1-8H2,(H,12,15). The number of hydrogen-bond donors (Lipinski definition) is 1. The van der Waals surface area contributed by atoms with Crippen molar-refractivity contribution < 1.29 is 9.59 Å². The first-order chi connectivity index (χ1) is 7.29. The molecular weight excluding hydrogens is 192 g/mol. The van der Waals surface area contributed by atoms with Gasteiger partial charge in [-0.05, 0) is 32.1 Å². The zero-order valence-corrected chi connectivity index (χ0v) is 9.00. The van der Waals surface area contributed by atoms with Gasteiger partial charge in [-0.25, -0.2) is 0 Å². The van der Waals surface area contributed by atoms with Crippen LogP contribution in [0.3, 0.4) is 0 Å². The van der Waals surface area contributed by atoms with E-state index in [9.17, 15) is 9.59 Å². The first-order valence-corrected chi connectivity index (χ1v) is 5.86. The SMILES string of the molecule is O=C1NCCCCC1N1CCCCC1=O. The number of rotatable bonds is 1. The molecule has 2 rings (SSSR count). The number of carbonyl (C=O) groups excluding carboxylic acids is 2. The van der Waals surface area contributed by atoms with Crippen LogP contribution in [0.1, 0.15) is 38.5 Å². The van der Waals surface area contributed by atoms with Gasteiger partial charge in [-0.2, -0.15) is 0 Å². The molecule has 0 bridgehead atoms. The average molecular weight is 210 g/mol. The number of likely N-dealkylation sites (tertiary alicyclic amines) is 1. The van der Waals surface area contributed by atoms with E-state index < -0.39 is 0 Å². The molecule has 2 heterocycles. The molecule has 0 spiro atoms. The number of nitrogens with one attached hydrogen (secondary N) is 1. The van der Waals surface area contributed by atoms with Crippen LogP contribution in [0, 0.1) is 0 Å². The highest BCUT2D eigenvalue weighted by Gasteiger charge is 2.31. The lowest BCUT2D eigenvalue weighted by molar-refractivity contribution is -0.142. The molecule has 84 valence electrons. The Labute approximate surface area is 90.0 Å². The zero-order chi connectivity index (χ0) is 10.7.